The van der Waals surface area contributed by atoms with E-state index in [0.29, 0.717) is 15.8 Å². The van der Waals surface area contributed by atoms with Crippen LogP contribution in [-0.2, 0) is 11.8 Å². The largest absolute Gasteiger partial charge is 0.444 e. The Morgan fingerprint density at radius 1 is 1.09 bits per heavy atom. The molecule has 1 aliphatic rings. The van der Waals surface area contributed by atoms with Gasteiger partial charge in [0, 0.05) is 50.5 Å². The summed E-state index contributed by atoms with van der Waals surface area (Å²) in [5.41, 5.74) is 0.967. The molecule has 33 heavy (non-hydrogen) atoms. The Bertz CT molecular complexity index is 1170. The summed E-state index contributed by atoms with van der Waals surface area (Å²) in [5.74, 6) is -0.402. The van der Waals surface area contributed by atoms with E-state index in [1.165, 1.54) is 11.3 Å². The number of thiazole rings is 1. The minimum Gasteiger partial charge on any atom is -0.444 e. The van der Waals surface area contributed by atoms with Crippen LogP contribution >= 0.6 is 11.3 Å². The Labute approximate surface area is 196 Å². The number of piperazine rings is 1. The maximum atomic E-state index is 13.2. The lowest BCUT2D eigenvalue weighted by Gasteiger charge is -2.32. The van der Waals surface area contributed by atoms with Gasteiger partial charge in [-0.05, 0) is 46.0 Å². The summed E-state index contributed by atoms with van der Waals surface area (Å²) in [6.07, 6.45) is 1.26. The molecule has 3 aromatic rings. The molecule has 11 heteroatoms. The van der Waals surface area contributed by atoms with Crippen molar-refractivity contribution in [3.8, 4) is 0 Å². The second-order valence-corrected chi connectivity index (χ2v) is 10.1. The van der Waals surface area contributed by atoms with Gasteiger partial charge in [0.1, 0.15) is 10.6 Å². The van der Waals surface area contributed by atoms with E-state index >= 15 is 0 Å². The van der Waals surface area contributed by atoms with E-state index < -0.39 is 17.6 Å². The highest BCUT2D eigenvalue weighted by molar-refractivity contribution is 7.20. The van der Waals surface area contributed by atoms with Crippen molar-refractivity contribution >= 4 is 50.1 Å². The molecule has 176 valence electrons. The van der Waals surface area contributed by atoms with Gasteiger partial charge in [0.05, 0.1) is 5.52 Å². The van der Waals surface area contributed by atoms with Gasteiger partial charge in [0.15, 0.2) is 10.8 Å². The van der Waals surface area contributed by atoms with Crippen molar-refractivity contribution in [3.05, 3.63) is 30.1 Å². The topological polar surface area (TPSA) is 105 Å². The minimum absolute atomic E-state index is 0.158. The number of fused-ring (bicyclic) bond motifs is 1. The predicted octanol–water partition coefficient (Wildman–Crippen LogP) is 3.38. The number of aromatic nitrogens is 3. The highest BCUT2D eigenvalue weighted by Gasteiger charge is 2.26. The van der Waals surface area contributed by atoms with Gasteiger partial charge in [0.2, 0.25) is 0 Å². The first kappa shape index (κ1) is 23.0. The van der Waals surface area contributed by atoms with E-state index in [4.69, 9.17) is 4.74 Å². The Kier molecular flexibility index (Phi) is 6.26. The van der Waals surface area contributed by atoms with E-state index in [-0.39, 0.29) is 5.69 Å². The number of hydrogen-bond acceptors (Lipinski definition) is 8. The van der Waals surface area contributed by atoms with Crippen LogP contribution in [0.2, 0.25) is 0 Å². The van der Waals surface area contributed by atoms with E-state index in [9.17, 15) is 9.59 Å². The number of aryl methyl sites for hydroxylation is 1. The number of benzene rings is 1. The highest BCUT2D eigenvalue weighted by atomic mass is 32.1. The maximum Gasteiger partial charge on any atom is 0.412 e. The molecule has 2 N–H and O–H groups in total. The smallest absolute Gasteiger partial charge is 0.412 e. The van der Waals surface area contributed by atoms with Gasteiger partial charge in [-0.2, -0.15) is 5.10 Å². The second-order valence-electron chi connectivity index (χ2n) is 9.12. The number of amides is 2. The number of anilines is 3. The van der Waals surface area contributed by atoms with Crippen LogP contribution < -0.4 is 15.5 Å². The Morgan fingerprint density at radius 2 is 1.82 bits per heavy atom. The fraction of sp³-hybridized carbons (Fsp3) is 0.455. The molecular formula is C22H29N7O3S. The van der Waals surface area contributed by atoms with Crippen LogP contribution in [0.25, 0.3) is 10.9 Å². The molecule has 1 aromatic carbocycles. The summed E-state index contributed by atoms with van der Waals surface area (Å²) in [6, 6.07) is 5.50. The molecule has 0 spiro atoms. The van der Waals surface area contributed by atoms with Crippen LogP contribution in [-0.4, -0.2) is 70.5 Å². The van der Waals surface area contributed by atoms with Crippen LogP contribution in [0.3, 0.4) is 0 Å². The zero-order valence-electron chi connectivity index (χ0n) is 19.5. The summed E-state index contributed by atoms with van der Waals surface area (Å²) in [7, 11) is 3.93. The van der Waals surface area contributed by atoms with Gasteiger partial charge in [-0.3, -0.25) is 14.8 Å². The molecule has 4 rings (SSSR count). The van der Waals surface area contributed by atoms with E-state index in [0.717, 1.165) is 37.1 Å². The van der Waals surface area contributed by atoms with Crippen molar-refractivity contribution in [2.45, 2.75) is 26.4 Å². The Morgan fingerprint density at radius 3 is 2.52 bits per heavy atom. The van der Waals surface area contributed by atoms with Gasteiger partial charge >= 0.3 is 6.09 Å². The summed E-state index contributed by atoms with van der Waals surface area (Å²) in [4.78, 5) is 34.6. The van der Waals surface area contributed by atoms with Gasteiger partial charge in [-0.25, -0.2) is 9.78 Å². The van der Waals surface area contributed by atoms with Crippen molar-refractivity contribution in [1.29, 1.82) is 0 Å². The summed E-state index contributed by atoms with van der Waals surface area (Å²) < 4.78 is 7.11. The normalized spacial score (nSPS) is 15.0. The van der Waals surface area contributed by atoms with Crippen molar-refractivity contribution in [2.24, 2.45) is 7.05 Å². The van der Waals surface area contributed by atoms with Crippen LogP contribution in [0.5, 0.6) is 0 Å². The highest BCUT2D eigenvalue weighted by Crippen LogP contribution is 2.33. The van der Waals surface area contributed by atoms with Crippen molar-refractivity contribution in [3.63, 3.8) is 0 Å². The van der Waals surface area contributed by atoms with Gasteiger partial charge in [-0.1, -0.05) is 11.3 Å². The number of carbonyl (C=O) groups excluding carboxylic acids is 2. The van der Waals surface area contributed by atoms with Crippen LogP contribution in [0, 0.1) is 0 Å². The number of hydrogen-bond donors (Lipinski definition) is 2. The van der Waals surface area contributed by atoms with E-state index in [1.807, 2.05) is 25.4 Å². The van der Waals surface area contributed by atoms with E-state index in [1.54, 1.807) is 31.5 Å². The van der Waals surface area contributed by atoms with Crippen molar-refractivity contribution in [2.75, 3.05) is 48.8 Å². The monoisotopic (exact) mass is 471 g/mol. The molecule has 0 aliphatic carbocycles. The zero-order valence-corrected chi connectivity index (χ0v) is 20.3. The number of rotatable bonds is 4. The molecule has 0 saturated carbocycles. The van der Waals surface area contributed by atoms with Gasteiger partial charge in [-0.15, -0.1) is 0 Å². The molecule has 0 atom stereocenters. The number of likely N-dealkylation sites (N-methyl/N-ethyl adjacent to an activating group) is 1. The summed E-state index contributed by atoms with van der Waals surface area (Å²) >= 11 is 1.28. The first-order valence-electron chi connectivity index (χ1n) is 10.8. The first-order valence-corrected chi connectivity index (χ1v) is 11.6. The van der Waals surface area contributed by atoms with Crippen molar-refractivity contribution < 1.29 is 14.3 Å². The fourth-order valence-electron chi connectivity index (χ4n) is 3.49. The minimum atomic E-state index is -0.656. The molecule has 1 saturated heterocycles. The summed E-state index contributed by atoms with van der Waals surface area (Å²) in [5, 5.41) is 11.9. The number of nitrogens with zero attached hydrogens (tertiary/aromatic N) is 5. The van der Waals surface area contributed by atoms with E-state index in [2.05, 4.69) is 37.6 Å². The second kappa shape index (κ2) is 8.99. The number of nitrogens with one attached hydrogen (secondary N) is 2. The molecule has 1 aliphatic heterocycles. The zero-order chi connectivity index (χ0) is 23.8. The first-order chi connectivity index (χ1) is 15.6. The fourth-order valence-corrected chi connectivity index (χ4v) is 4.49. The van der Waals surface area contributed by atoms with Crippen molar-refractivity contribution in [1.82, 2.24) is 19.7 Å². The third kappa shape index (κ3) is 5.60. The average molecular weight is 472 g/mol. The lowest BCUT2D eigenvalue weighted by Crippen LogP contribution is -2.44. The lowest BCUT2D eigenvalue weighted by molar-refractivity contribution is 0.0636. The van der Waals surface area contributed by atoms with Gasteiger partial charge in [0.25, 0.3) is 5.91 Å². The maximum absolute atomic E-state index is 13.2. The standard InChI is InChI=1S/C22H29N7O3S/c1-22(2,3)32-21(31)25-19-17(24-20(33-19)29-10-8-27(4)9-11-29)18(30)23-15-6-7-16-14(12-15)13-28(5)26-16/h6-7,12-13H,8-11H2,1-5H3,(H,23,30)(H,25,31). The number of ether oxygens (including phenoxy) is 1. The van der Waals surface area contributed by atoms with Crippen LogP contribution in [0.15, 0.2) is 24.4 Å². The molecule has 0 radical (unpaired) electrons. The Hall–Kier alpha value is -3.18. The van der Waals surface area contributed by atoms with Crippen LogP contribution in [0.4, 0.5) is 20.6 Å². The molecule has 1 fully saturated rings. The lowest BCUT2D eigenvalue weighted by atomic mass is 10.2. The molecule has 0 unspecified atom stereocenters. The third-order valence-corrected chi connectivity index (χ3v) is 6.13. The molecule has 0 bridgehead atoms. The molecule has 2 aromatic heterocycles. The quantitative estimate of drug-likeness (QED) is 0.601. The molecular weight excluding hydrogens is 442 g/mol. The number of carbonyl (C=O) groups is 2. The molecule has 10 nitrogen and oxygen atoms in total. The summed E-state index contributed by atoms with van der Waals surface area (Å²) in [6.45, 7) is 8.77. The van der Waals surface area contributed by atoms with Gasteiger partial charge < -0.3 is 19.9 Å². The third-order valence-electron chi connectivity index (χ3n) is 5.10. The molecule has 2 amide bonds. The Balaban J connectivity index is 1.59. The SMILES string of the molecule is CN1CCN(c2nc(C(=O)Nc3ccc4nn(C)cc4c3)c(NC(=O)OC(C)(C)C)s2)CC1. The predicted molar refractivity (Wildman–Crippen MR) is 130 cm³/mol. The average Bonchev–Trinajstić information content (AvgIpc) is 3.29. The van der Waals surface area contributed by atoms with Crippen LogP contribution in [0.1, 0.15) is 31.3 Å². The molecule has 3 heterocycles.